The number of benzene rings is 4. The second-order valence-electron chi connectivity index (χ2n) is 8.13. The fourth-order valence-corrected chi connectivity index (χ4v) is 3.89. The van der Waals surface area contributed by atoms with Crippen LogP contribution in [-0.4, -0.2) is 32.2 Å². The Morgan fingerprint density at radius 2 is 0.889 bits per heavy atom. The molecule has 4 aromatic carbocycles. The first-order valence-corrected chi connectivity index (χ1v) is 11.1. The van der Waals surface area contributed by atoms with Crippen LogP contribution in [0.25, 0.3) is 0 Å². The van der Waals surface area contributed by atoms with Gasteiger partial charge in [0.2, 0.25) is 0 Å². The van der Waals surface area contributed by atoms with Crippen molar-refractivity contribution in [3.8, 4) is 23.0 Å². The van der Waals surface area contributed by atoms with Crippen LogP contribution in [0.15, 0.2) is 97.1 Å². The number of carbonyl (C=O) groups is 2. The fourth-order valence-electron chi connectivity index (χ4n) is 3.89. The van der Waals surface area contributed by atoms with Crippen LogP contribution in [0.5, 0.6) is 23.0 Å². The lowest BCUT2D eigenvalue weighted by atomic mass is 9.92. The van der Waals surface area contributed by atoms with E-state index in [1.54, 1.807) is 48.5 Å². The van der Waals surface area contributed by atoms with Crippen molar-refractivity contribution in [2.75, 3.05) is 0 Å². The fraction of sp³-hybridized carbons (Fsp3) is 0.0714. The van der Waals surface area contributed by atoms with Gasteiger partial charge in [-0.3, -0.25) is 9.59 Å². The van der Waals surface area contributed by atoms with E-state index in [1.807, 2.05) is 12.1 Å². The van der Waals surface area contributed by atoms with Crippen LogP contribution in [0.3, 0.4) is 0 Å². The van der Waals surface area contributed by atoms with E-state index >= 15 is 0 Å². The molecule has 0 saturated carbocycles. The summed E-state index contributed by atoms with van der Waals surface area (Å²) in [7, 11) is 0. The average Bonchev–Trinajstić information content (AvgIpc) is 2.89. The Kier molecular flexibility index (Phi) is 7.06. The van der Waals surface area contributed by atoms with Crippen molar-refractivity contribution in [2.45, 2.75) is 12.1 Å². The highest BCUT2D eigenvalue weighted by molar-refractivity contribution is 5.98. The first kappa shape index (κ1) is 24.2. The Morgan fingerprint density at radius 1 is 0.528 bits per heavy atom. The molecule has 2 atom stereocenters. The van der Waals surface area contributed by atoms with Gasteiger partial charge in [0.05, 0.1) is 23.2 Å². The predicted octanol–water partition coefficient (Wildman–Crippen LogP) is 4.15. The summed E-state index contributed by atoms with van der Waals surface area (Å²) in [5.74, 6) is -2.37. The minimum Gasteiger partial charge on any atom is -0.508 e. The molecule has 6 N–H and O–H groups in total. The number of hydrogen-bond acceptors (Lipinski definition) is 6. The maximum atomic E-state index is 13.2. The molecule has 0 spiro atoms. The molecule has 0 unspecified atom stereocenters. The SMILES string of the molecule is O=C(N[C@@H](c1ccccc1)[C@@H](NC(=O)c1cc(O)ccc1O)c1ccccc1)c1cc(O)ccc1O. The van der Waals surface area contributed by atoms with Gasteiger partial charge in [-0.05, 0) is 47.5 Å². The van der Waals surface area contributed by atoms with Crippen molar-refractivity contribution >= 4 is 11.8 Å². The molecule has 4 rings (SSSR count). The first-order valence-electron chi connectivity index (χ1n) is 11.1. The lowest BCUT2D eigenvalue weighted by Crippen LogP contribution is -2.40. The molecule has 182 valence electrons. The quantitative estimate of drug-likeness (QED) is 0.218. The number of nitrogens with one attached hydrogen (secondary N) is 2. The standard InChI is InChI=1S/C28H24N2O6/c31-19-11-13-23(33)21(15-19)27(35)29-25(17-7-3-1-4-8-17)26(18-9-5-2-6-10-18)30-28(36)22-16-20(32)12-14-24(22)34/h1-16,25-26,31-34H,(H,29,35)(H,30,36)/t25-,26-/m0/s1. The molecule has 0 saturated heterocycles. The van der Waals surface area contributed by atoms with Crippen LogP contribution in [0.1, 0.15) is 43.9 Å². The molecule has 0 heterocycles. The number of carbonyl (C=O) groups excluding carboxylic acids is 2. The van der Waals surface area contributed by atoms with Gasteiger partial charge in [0.15, 0.2) is 0 Å². The van der Waals surface area contributed by atoms with Crippen LogP contribution in [-0.2, 0) is 0 Å². The van der Waals surface area contributed by atoms with Crippen molar-refractivity contribution in [2.24, 2.45) is 0 Å². The number of phenolic OH excluding ortho intramolecular Hbond substituents is 4. The van der Waals surface area contributed by atoms with Crippen molar-refractivity contribution in [1.82, 2.24) is 10.6 Å². The zero-order valence-corrected chi connectivity index (χ0v) is 19.0. The molecule has 2 amide bonds. The maximum absolute atomic E-state index is 13.2. The smallest absolute Gasteiger partial charge is 0.255 e. The number of rotatable bonds is 7. The highest BCUT2D eigenvalue weighted by Gasteiger charge is 2.30. The van der Waals surface area contributed by atoms with Crippen molar-refractivity contribution in [1.29, 1.82) is 0 Å². The number of hydrogen-bond donors (Lipinski definition) is 6. The molecule has 0 aliphatic carbocycles. The second kappa shape index (κ2) is 10.5. The molecule has 0 aromatic heterocycles. The monoisotopic (exact) mass is 484 g/mol. The second-order valence-corrected chi connectivity index (χ2v) is 8.13. The van der Waals surface area contributed by atoms with E-state index in [4.69, 9.17) is 0 Å². The van der Waals surface area contributed by atoms with E-state index in [2.05, 4.69) is 10.6 Å². The van der Waals surface area contributed by atoms with Crippen LogP contribution in [0.2, 0.25) is 0 Å². The normalized spacial score (nSPS) is 12.3. The third-order valence-corrected chi connectivity index (χ3v) is 5.67. The molecule has 0 bridgehead atoms. The van der Waals surface area contributed by atoms with E-state index in [0.717, 1.165) is 12.1 Å². The summed E-state index contributed by atoms with van der Waals surface area (Å²) in [5, 5.41) is 45.8. The zero-order valence-electron chi connectivity index (χ0n) is 19.0. The Morgan fingerprint density at radius 3 is 1.25 bits per heavy atom. The maximum Gasteiger partial charge on any atom is 0.255 e. The molecule has 36 heavy (non-hydrogen) atoms. The topological polar surface area (TPSA) is 139 Å². The summed E-state index contributed by atoms with van der Waals surface area (Å²) in [6.45, 7) is 0. The van der Waals surface area contributed by atoms with Gasteiger partial charge < -0.3 is 31.1 Å². The van der Waals surface area contributed by atoms with E-state index in [-0.39, 0.29) is 34.1 Å². The van der Waals surface area contributed by atoms with Gasteiger partial charge in [-0.15, -0.1) is 0 Å². The molecule has 0 aliphatic heterocycles. The predicted molar refractivity (Wildman–Crippen MR) is 133 cm³/mol. The lowest BCUT2D eigenvalue weighted by Gasteiger charge is -2.30. The average molecular weight is 485 g/mol. The lowest BCUT2D eigenvalue weighted by molar-refractivity contribution is 0.0878. The van der Waals surface area contributed by atoms with Gasteiger partial charge in [0.25, 0.3) is 11.8 Å². The van der Waals surface area contributed by atoms with Gasteiger partial charge >= 0.3 is 0 Å². The van der Waals surface area contributed by atoms with Crippen LogP contribution >= 0.6 is 0 Å². The Hall–Kier alpha value is -4.98. The van der Waals surface area contributed by atoms with Crippen LogP contribution in [0.4, 0.5) is 0 Å². The minimum absolute atomic E-state index is 0.139. The summed E-state index contributed by atoms with van der Waals surface area (Å²) >= 11 is 0. The highest BCUT2D eigenvalue weighted by Crippen LogP contribution is 2.32. The van der Waals surface area contributed by atoms with Crippen LogP contribution < -0.4 is 10.6 Å². The summed E-state index contributed by atoms with van der Waals surface area (Å²) in [6, 6.07) is 23.4. The third-order valence-electron chi connectivity index (χ3n) is 5.67. The first-order chi connectivity index (χ1) is 17.3. The van der Waals surface area contributed by atoms with Gasteiger partial charge in [0.1, 0.15) is 23.0 Å². The number of aromatic hydroxyl groups is 4. The minimum atomic E-state index is -0.828. The van der Waals surface area contributed by atoms with Gasteiger partial charge in [-0.25, -0.2) is 0 Å². The van der Waals surface area contributed by atoms with E-state index in [0.29, 0.717) is 11.1 Å². The third kappa shape index (κ3) is 5.39. The largest absolute Gasteiger partial charge is 0.508 e. The number of amides is 2. The Bertz CT molecular complexity index is 1270. The molecular formula is C28H24N2O6. The number of phenols is 4. The van der Waals surface area contributed by atoms with Gasteiger partial charge in [0, 0.05) is 0 Å². The molecule has 0 fully saturated rings. The van der Waals surface area contributed by atoms with Gasteiger partial charge in [-0.1, -0.05) is 60.7 Å². The van der Waals surface area contributed by atoms with Crippen molar-refractivity contribution < 1.29 is 30.0 Å². The van der Waals surface area contributed by atoms with Crippen molar-refractivity contribution in [3.63, 3.8) is 0 Å². The molecule has 4 aromatic rings. The summed E-state index contributed by atoms with van der Waals surface area (Å²) in [6.07, 6.45) is 0. The Balaban J connectivity index is 1.77. The van der Waals surface area contributed by atoms with Gasteiger partial charge in [-0.2, -0.15) is 0 Å². The Labute approximate surface area is 207 Å². The molecule has 8 heteroatoms. The van der Waals surface area contributed by atoms with Crippen molar-refractivity contribution in [3.05, 3.63) is 119 Å². The van der Waals surface area contributed by atoms with Crippen LogP contribution in [0, 0.1) is 0 Å². The van der Waals surface area contributed by atoms with E-state index in [9.17, 15) is 30.0 Å². The zero-order chi connectivity index (χ0) is 25.7. The molecule has 0 radical (unpaired) electrons. The van der Waals surface area contributed by atoms with E-state index in [1.165, 1.54) is 24.3 Å². The highest BCUT2D eigenvalue weighted by atomic mass is 16.3. The molecule has 8 nitrogen and oxygen atoms in total. The molecular weight excluding hydrogens is 460 g/mol. The van der Waals surface area contributed by atoms with E-state index < -0.39 is 23.9 Å². The summed E-state index contributed by atoms with van der Waals surface area (Å²) in [4.78, 5) is 26.4. The molecule has 0 aliphatic rings. The summed E-state index contributed by atoms with van der Waals surface area (Å²) in [5.41, 5.74) is 1.03. The summed E-state index contributed by atoms with van der Waals surface area (Å²) < 4.78 is 0.